The Kier molecular flexibility index (Phi) is 4.41. The number of thiazole rings is 1. The summed E-state index contributed by atoms with van der Waals surface area (Å²) < 4.78 is 27.9. The van der Waals surface area contributed by atoms with Crippen LogP contribution < -0.4 is 5.32 Å². The lowest BCUT2D eigenvalue weighted by Gasteiger charge is -2.09. The van der Waals surface area contributed by atoms with Crippen LogP contribution in [0.4, 0.5) is 5.13 Å². The molecule has 2 heterocycles. The van der Waals surface area contributed by atoms with Crippen molar-refractivity contribution in [3.63, 3.8) is 0 Å². The highest BCUT2D eigenvalue weighted by Gasteiger charge is 2.30. The number of methoxy groups -OCH3 is 1. The first-order chi connectivity index (χ1) is 9.01. The van der Waals surface area contributed by atoms with Crippen molar-refractivity contribution in [1.29, 1.82) is 0 Å². The van der Waals surface area contributed by atoms with Crippen LogP contribution in [0.5, 0.6) is 0 Å². The summed E-state index contributed by atoms with van der Waals surface area (Å²) in [6.45, 7) is 0.382. The van der Waals surface area contributed by atoms with E-state index < -0.39 is 9.84 Å². The molecule has 0 bridgehead atoms. The molecule has 8 heteroatoms. The van der Waals surface area contributed by atoms with Crippen molar-refractivity contribution in [3.05, 3.63) is 11.1 Å². The average molecular weight is 304 g/mol. The van der Waals surface area contributed by atoms with Crippen molar-refractivity contribution >= 4 is 32.3 Å². The molecular weight excluding hydrogens is 288 g/mol. The van der Waals surface area contributed by atoms with Crippen molar-refractivity contribution in [2.24, 2.45) is 0 Å². The van der Waals surface area contributed by atoms with Crippen molar-refractivity contribution in [2.45, 2.75) is 24.5 Å². The normalized spacial score (nSPS) is 21.2. The van der Waals surface area contributed by atoms with Crippen LogP contribution in [0.3, 0.4) is 0 Å². The average Bonchev–Trinajstić information content (AvgIpc) is 2.93. The first-order valence-electron chi connectivity index (χ1n) is 5.98. The van der Waals surface area contributed by atoms with Crippen molar-refractivity contribution in [3.8, 4) is 0 Å². The summed E-state index contributed by atoms with van der Waals surface area (Å²) in [5.74, 6) is -0.0552. The molecule has 1 atom stereocenters. The Morgan fingerprint density at radius 3 is 3.05 bits per heavy atom. The fraction of sp³-hybridized carbons (Fsp3) is 0.636. The van der Waals surface area contributed by atoms with E-state index in [1.807, 2.05) is 0 Å². The predicted octanol–water partition coefficient (Wildman–Crippen LogP) is 0.848. The zero-order valence-electron chi connectivity index (χ0n) is 10.6. The molecule has 2 rings (SSSR count). The van der Waals surface area contributed by atoms with Crippen LogP contribution in [-0.4, -0.2) is 44.0 Å². The monoisotopic (exact) mass is 304 g/mol. The topological polar surface area (TPSA) is 85.4 Å². The summed E-state index contributed by atoms with van der Waals surface area (Å²) in [4.78, 5) is 15.3. The minimum Gasteiger partial charge on any atom is -0.469 e. The molecule has 1 aromatic rings. The standard InChI is InChI=1S/C11H16N2O4S2/c1-17-10(14)5-8-7-18-11(13-8)12-6-9-3-2-4-19(9,15)16/h7,9H,2-6H2,1H3,(H,12,13). The molecule has 0 radical (unpaired) electrons. The molecule has 0 aliphatic carbocycles. The SMILES string of the molecule is COC(=O)Cc1csc(NCC2CCCS2(=O)=O)n1. The van der Waals surface area contributed by atoms with Gasteiger partial charge in [-0.2, -0.15) is 0 Å². The Morgan fingerprint density at radius 1 is 1.63 bits per heavy atom. The molecule has 1 fully saturated rings. The van der Waals surface area contributed by atoms with Crippen molar-refractivity contribution in [1.82, 2.24) is 4.98 Å². The molecular formula is C11H16N2O4S2. The third-order valence-corrected chi connectivity index (χ3v) is 6.17. The number of carbonyl (C=O) groups is 1. The maximum Gasteiger partial charge on any atom is 0.311 e. The minimum atomic E-state index is -2.93. The number of hydrogen-bond donors (Lipinski definition) is 1. The second-order valence-electron chi connectivity index (χ2n) is 4.41. The molecule has 1 saturated heterocycles. The Labute approximate surface area is 116 Å². The first kappa shape index (κ1) is 14.3. The number of hydrogen-bond acceptors (Lipinski definition) is 7. The first-order valence-corrected chi connectivity index (χ1v) is 8.57. The number of anilines is 1. The van der Waals surface area contributed by atoms with Crippen LogP contribution in [0.25, 0.3) is 0 Å². The van der Waals surface area contributed by atoms with Crippen LogP contribution >= 0.6 is 11.3 Å². The Balaban J connectivity index is 1.88. The number of nitrogens with zero attached hydrogens (tertiary/aromatic N) is 1. The van der Waals surface area contributed by atoms with E-state index in [-0.39, 0.29) is 23.4 Å². The fourth-order valence-corrected chi connectivity index (χ4v) is 4.46. The number of carbonyl (C=O) groups excluding carboxylic acids is 1. The quantitative estimate of drug-likeness (QED) is 0.812. The van der Waals surface area contributed by atoms with Gasteiger partial charge >= 0.3 is 5.97 Å². The van der Waals surface area contributed by atoms with Crippen LogP contribution in [0.2, 0.25) is 0 Å². The summed E-state index contributed by atoms with van der Waals surface area (Å²) >= 11 is 1.36. The Morgan fingerprint density at radius 2 is 2.42 bits per heavy atom. The van der Waals surface area contributed by atoms with E-state index in [2.05, 4.69) is 15.0 Å². The van der Waals surface area contributed by atoms with E-state index in [4.69, 9.17) is 0 Å². The van der Waals surface area contributed by atoms with Gasteiger partial charge in [0.25, 0.3) is 0 Å². The maximum atomic E-state index is 11.7. The van der Waals surface area contributed by atoms with Crippen LogP contribution in [-0.2, 0) is 25.8 Å². The molecule has 0 aromatic carbocycles. The lowest BCUT2D eigenvalue weighted by molar-refractivity contribution is -0.139. The molecule has 1 aliphatic rings. The van der Waals surface area contributed by atoms with Gasteiger partial charge in [0.2, 0.25) is 0 Å². The lowest BCUT2D eigenvalue weighted by atomic mass is 10.2. The zero-order chi connectivity index (χ0) is 13.9. The third-order valence-electron chi connectivity index (χ3n) is 3.05. The third kappa shape index (κ3) is 3.66. The zero-order valence-corrected chi connectivity index (χ0v) is 12.2. The summed E-state index contributed by atoms with van der Waals surface area (Å²) in [6.07, 6.45) is 1.58. The Bertz CT molecular complexity index is 553. The highest BCUT2D eigenvalue weighted by atomic mass is 32.2. The molecule has 1 N–H and O–H groups in total. The van der Waals surface area contributed by atoms with E-state index in [1.54, 1.807) is 5.38 Å². The van der Waals surface area contributed by atoms with E-state index in [1.165, 1.54) is 18.4 Å². The highest BCUT2D eigenvalue weighted by molar-refractivity contribution is 7.92. The molecule has 1 aromatic heterocycles. The van der Waals surface area contributed by atoms with E-state index in [0.717, 1.165) is 6.42 Å². The fourth-order valence-electron chi connectivity index (χ4n) is 1.98. The van der Waals surface area contributed by atoms with E-state index in [0.29, 0.717) is 23.8 Å². The lowest BCUT2D eigenvalue weighted by Crippen LogP contribution is -2.25. The Hall–Kier alpha value is -1.15. The smallest absolute Gasteiger partial charge is 0.311 e. The van der Waals surface area contributed by atoms with Gasteiger partial charge in [-0.05, 0) is 12.8 Å². The van der Waals surface area contributed by atoms with E-state index in [9.17, 15) is 13.2 Å². The maximum absolute atomic E-state index is 11.7. The van der Waals surface area contributed by atoms with Gasteiger partial charge in [0, 0.05) is 11.9 Å². The molecule has 0 spiro atoms. The summed E-state index contributed by atoms with van der Waals surface area (Å²) in [6, 6.07) is 0. The van der Waals surface area contributed by atoms with Crippen molar-refractivity contribution in [2.75, 3.05) is 24.7 Å². The largest absolute Gasteiger partial charge is 0.469 e. The number of rotatable bonds is 5. The summed E-state index contributed by atoms with van der Waals surface area (Å²) in [5, 5.41) is 5.12. The molecule has 0 amide bonds. The van der Waals surface area contributed by atoms with Gasteiger partial charge in [-0.3, -0.25) is 4.79 Å². The summed E-state index contributed by atoms with van der Waals surface area (Å²) in [5.41, 5.74) is 0.633. The number of nitrogens with one attached hydrogen (secondary N) is 1. The van der Waals surface area contributed by atoms with Gasteiger partial charge in [0.05, 0.1) is 30.2 Å². The minimum absolute atomic E-state index is 0.135. The second kappa shape index (κ2) is 5.87. The van der Waals surface area contributed by atoms with Crippen LogP contribution in [0.15, 0.2) is 5.38 Å². The van der Waals surface area contributed by atoms with Gasteiger partial charge in [-0.15, -0.1) is 11.3 Å². The molecule has 19 heavy (non-hydrogen) atoms. The van der Waals surface area contributed by atoms with Gasteiger partial charge in [-0.1, -0.05) is 0 Å². The molecule has 106 valence electrons. The van der Waals surface area contributed by atoms with Crippen LogP contribution in [0.1, 0.15) is 18.5 Å². The van der Waals surface area contributed by atoms with Gasteiger partial charge in [0.15, 0.2) is 15.0 Å². The predicted molar refractivity (Wildman–Crippen MR) is 73.1 cm³/mol. The number of sulfone groups is 1. The number of ether oxygens (including phenoxy) is 1. The highest BCUT2D eigenvalue weighted by Crippen LogP contribution is 2.22. The van der Waals surface area contributed by atoms with E-state index >= 15 is 0 Å². The van der Waals surface area contributed by atoms with Crippen molar-refractivity contribution < 1.29 is 17.9 Å². The molecule has 1 unspecified atom stereocenters. The van der Waals surface area contributed by atoms with Gasteiger partial charge in [0.1, 0.15) is 0 Å². The molecule has 6 nitrogen and oxygen atoms in total. The molecule has 1 aliphatic heterocycles. The second-order valence-corrected chi connectivity index (χ2v) is 7.67. The number of aromatic nitrogens is 1. The van der Waals surface area contributed by atoms with Crippen LogP contribution in [0, 0.1) is 0 Å². The molecule has 0 saturated carbocycles. The van der Waals surface area contributed by atoms with Gasteiger partial charge < -0.3 is 10.1 Å². The number of esters is 1. The summed E-state index contributed by atoms with van der Waals surface area (Å²) in [7, 11) is -1.60. The van der Waals surface area contributed by atoms with Gasteiger partial charge in [-0.25, -0.2) is 13.4 Å².